The number of pyridine rings is 2. The van der Waals surface area contributed by atoms with Crippen LogP contribution < -0.4 is 10.3 Å². The average Bonchev–Trinajstić information content (AvgIpc) is 2.73. The van der Waals surface area contributed by atoms with Crippen LogP contribution >= 0.6 is 11.6 Å². The molecule has 2 aromatic heterocycles. The summed E-state index contributed by atoms with van der Waals surface area (Å²) < 4.78 is 6.12. The van der Waals surface area contributed by atoms with E-state index in [9.17, 15) is 14.9 Å². The molecule has 1 N–H and O–H groups in total. The van der Waals surface area contributed by atoms with E-state index in [4.69, 9.17) is 16.3 Å². The monoisotopic (exact) mass is 449 g/mol. The number of nitro benzene ring substituents is 1. The number of aryl methyl sites for hydroxylation is 2. The highest BCUT2D eigenvalue weighted by atomic mass is 35.5. The van der Waals surface area contributed by atoms with Gasteiger partial charge in [0.1, 0.15) is 10.8 Å². The summed E-state index contributed by atoms with van der Waals surface area (Å²) >= 11 is 6.07. The molecule has 0 amide bonds. The quantitative estimate of drug-likeness (QED) is 0.314. The summed E-state index contributed by atoms with van der Waals surface area (Å²) in [6, 6.07) is 14.1. The number of aromatic nitrogens is 2. The minimum atomic E-state index is -0.555. The van der Waals surface area contributed by atoms with E-state index in [1.165, 1.54) is 12.1 Å². The number of rotatable bonds is 6. The smallest absolute Gasteiger partial charge is 0.288 e. The maximum Gasteiger partial charge on any atom is 0.288 e. The molecule has 0 aliphatic carbocycles. The zero-order chi connectivity index (χ0) is 22.8. The first-order valence-corrected chi connectivity index (χ1v) is 10.4. The molecule has 162 valence electrons. The molecule has 8 heteroatoms. The van der Waals surface area contributed by atoms with Crippen molar-refractivity contribution in [2.24, 2.45) is 0 Å². The molecule has 4 rings (SSSR count). The van der Waals surface area contributed by atoms with Crippen molar-refractivity contribution in [1.82, 2.24) is 9.97 Å². The Kier molecular flexibility index (Phi) is 5.92. The van der Waals surface area contributed by atoms with Crippen molar-refractivity contribution in [1.29, 1.82) is 0 Å². The van der Waals surface area contributed by atoms with E-state index < -0.39 is 4.92 Å². The number of aromatic amines is 1. The van der Waals surface area contributed by atoms with Gasteiger partial charge in [-0.05, 0) is 37.6 Å². The van der Waals surface area contributed by atoms with Crippen LogP contribution in [0.3, 0.4) is 0 Å². The van der Waals surface area contributed by atoms with Gasteiger partial charge in [0.05, 0.1) is 22.6 Å². The summed E-state index contributed by atoms with van der Waals surface area (Å²) in [5.41, 5.74) is 3.56. The summed E-state index contributed by atoms with van der Waals surface area (Å²) in [5, 5.41) is 11.8. The maximum atomic E-state index is 13.1. The highest BCUT2D eigenvalue weighted by molar-refractivity contribution is 6.33. The molecule has 2 heterocycles. The van der Waals surface area contributed by atoms with Crippen LogP contribution in [0.2, 0.25) is 5.02 Å². The Labute approximate surface area is 188 Å². The van der Waals surface area contributed by atoms with Gasteiger partial charge in [0.15, 0.2) is 0 Å². The highest BCUT2D eigenvalue weighted by Crippen LogP contribution is 2.38. The second-order valence-corrected chi connectivity index (χ2v) is 7.97. The molecule has 4 aromatic rings. The molecular weight excluding hydrogens is 430 g/mol. The fourth-order valence-corrected chi connectivity index (χ4v) is 3.98. The van der Waals surface area contributed by atoms with E-state index in [2.05, 4.69) is 9.97 Å². The largest absolute Gasteiger partial charge is 0.492 e. The second kappa shape index (κ2) is 8.80. The number of halogens is 1. The summed E-state index contributed by atoms with van der Waals surface area (Å²) in [6.07, 6.45) is 2.21. The number of nitrogens with one attached hydrogen (secondary N) is 1. The third-order valence-electron chi connectivity index (χ3n) is 5.07. The van der Waals surface area contributed by atoms with Gasteiger partial charge < -0.3 is 9.72 Å². The van der Waals surface area contributed by atoms with E-state index in [1.807, 2.05) is 50.2 Å². The van der Waals surface area contributed by atoms with Gasteiger partial charge in [-0.1, -0.05) is 47.0 Å². The van der Waals surface area contributed by atoms with Gasteiger partial charge in [0.25, 0.3) is 11.2 Å². The second-order valence-electron chi connectivity index (χ2n) is 7.56. The molecule has 2 aromatic carbocycles. The average molecular weight is 450 g/mol. The van der Waals surface area contributed by atoms with Crippen LogP contribution in [0.1, 0.15) is 16.8 Å². The van der Waals surface area contributed by atoms with E-state index >= 15 is 0 Å². The number of fused-ring (bicyclic) bond motifs is 1. The molecule has 0 atom stereocenters. The van der Waals surface area contributed by atoms with Gasteiger partial charge >= 0.3 is 0 Å². The third-order valence-corrected chi connectivity index (χ3v) is 5.37. The van der Waals surface area contributed by atoms with Crippen molar-refractivity contribution in [2.45, 2.75) is 20.3 Å². The number of nitrogens with zero attached hydrogens (tertiary/aromatic N) is 2. The van der Waals surface area contributed by atoms with Crippen LogP contribution in [-0.2, 0) is 6.42 Å². The Morgan fingerprint density at radius 2 is 1.88 bits per heavy atom. The number of nitro groups is 1. The SMILES string of the molecule is Cc1cc(C)cc(-c2c(OCCc3ccccn3)c3cc([N+](=O)[O-])c(Cl)cc3[nH]c2=O)c1. The van der Waals surface area contributed by atoms with E-state index in [-0.39, 0.29) is 28.6 Å². The number of hydrogen-bond donors (Lipinski definition) is 1. The topological polar surface area (TPSA) is 98.1 Å². The molecule has 32 heavy (non-hydrogen) atoms. The summed E-state index contributed by atoms with van der Waals surface area (Å²) in [4.78, 5) is 31.1. The molecule has 0 fully saturated rings. The first kappa shape index (κ1) is 21.5. The Bertz CT molecular complexity index is 1360. The number of H-pyrrole nitrogens is 1. The van der Waals surface area contributed by atoms with Gasteiger partial charge in [-0.25, -0.2) is 0 Å². The Morgan fingerprint density at radius 3 is 2.53 bits per heavy atom. The minimum absolute atomic E-state index is 0.0586. The van der Waals surface area contributed by atoms with Crippen molar-refractivity contribution in [3.8, 4) is 16.9 Å². The molecule has 0 saturated heterocycles. The molecule has 0 bridgehead atoms. The Balaban J connectivity index is 1.91. The summed E-state index contributed by atoms with van der Waals surface area (Å²) in [7, 11) is 0. The summed E-state index contributed by atoms with van der Waals surface area (Å²) in [5.74, 6) is 0.282. The minimum Gasteiger partial charge on any atom is -0.492 e. The zero-order valence-electron chi connectivity index (χ0n) is 17.5. The lowest BCUT2D eigenvalue weighted by molar-refractivity contribution is -0.384. The first-order valence-electron chi connectivity index (χ1n) is 9.99. The molecule has 0 aliphatic heterocycles. The first-order chi connectivity index (χ1) is 15.3. The predicted molar refractivity (Wildman–Crippen MR) is 125 cm³/mol. The van der Waals surface area contributed by atoms with Crippen LogP contribution in [0.5, 0.6) is 5.75 Å². The number of benzene rings is 2. The number of ether oxygens (including phenoxy) is 1. The van der Waals surface area contributed by atoms with Crippen molar-refractivity contribution in [2.75, 3.05) is 6.61 Å². The van der Waals surface area contributed by atoms with Gasteiger partial charge in [-0.3, -0.25) is 19.9 Å². The maximum absolute atomic E-state index is 13.1. The molecule has 0 unspecified atom stereocenters. The van der Waals surface area contributed by atoms with Crippen molar-refractivity contribution in [3.63, 3.8) is 0 Å². The van der Waals surface area contributed by atoms with E-state index in [0.717, 1.165) is 16.8 Å². The molecular formula is C24H20ClN3O4. The van der Waals surface area contributed by atoms with Crippen LogP contribution in [0, 0.1) is 24.0 Å². The lowest BCUT2D eigenvalue weighted by Gasteiger charge is -2.15. The molecule has 0 saturated carbocycles. The Morgan fingerprint density at radius 1 is 1.12 bits per heavy atom. The lowest BCUT2D eigenvalue weighted by Crippen LogP contribution is -2.14. The lowest BCUT2D eigenvalue weighted by atomic mass is 9.99. The van der Waals surface area contributed by atoms with Crippen molar-refractivity contribution < 1.29 is 9.66 Å². The van der Waals surface area contributed by atoms with Crippen LogP contribution in [0.15, 0.2) is 59.5 Å². The predicted octanol–water partition coefficient (Wildman–Crippen LogP) is 5.39. The molecule has 0 aliphatic rings. The van der Waals surface area contributed by atoms with Gasteiger partial charge in [0, 0.05) is 29.8 Å². The molecule has 7 nitrogen and oxygen atoms in total. The zero-order valence-corrected chi connectivity index (χ0v) is 18.3. The van der Waals surface area contributed by atoms with Crippen LogP contribution in [0.25, 0.3) is 22.0 Å². The van der Waals surface area contributed by atoms with Crippen molar-refractivity contribution >= 4 is 28.2 Å². The van der Waals surface area contributed by atoms with Crippen LogP contribution in [-0.4, -0.2) is 21.5 Å². The van der Waals surface area contributed by atoms with Gasteiger partial charge in [-0.15, -0.1) is 0 Å². The third kappa shape index (κ3) is 4.33. The Hall–Kier alpha value is -3.71. The highest BCUT2D eigenvalue weighted by Gasteiger charge is 2.21. The van der Waals surface area contributed by atoms with Gasteiger partial charge in [0.2, 0.25) is 0 Å². The fraction of sp³-hybridized carbons (Fsp3) is 0.167. The standard InChI is InChI=1S/C24H20ClN3O4/c1-14-9-15(2)11-16(10-14)22-23(32-8-6-17-5-3-4-7-26-17)18-12-21(28(30)31)19(25)13-20(18)27-24(22)29/h3-5,7,9-13H,6,8H2,1-2H3,(H,27,29). The summed E-state index contributed by atoms with van der Waals surface area (Å²) in [6.45, 7) is 4.12. The van der Waals surface area contributed by atoms with Gasteiger partial charge in [-0.2, -0.15) is 0 Å². The van der Waals surface area contributed by atoms with E-state index in [1.54, 1.807) is 6.20 Å². The normalized spacial score (nSPS) is 11.0. The van der Waals surface area contributed by atoms with Crippen molar-refractivity contribution in [3.05, 3.63) is 97.0 Å². The molecule has 0 spiro atoms. The van der Waals surface area contributed by atoms with E-state index in [0.29, 0.717) is 28.5 Å². The number of hydrogen-bond acceptors (Lipinski definition) is 5. The molecule has 0 radical (unpaired) electrons. The fourth-order valence-electron chi connectivity index (χ4n) is 3.75. The van der Waals surface area contributed by atoms with Crippen LogP contribution in [0.4, 0.5) is 5.69 Å².